The lowest BCUT2D eigenvalue weighted by atomic mass is 9.88. The molecule has 2 aliphatic rings. The maximum atomic E-state index is 13.6. The van der Waals surface area contributed by atoms with Crippen molar-refractivity contribution >= 4 is 17.0 Å². The minimum Gasteiger partial charge on any atom is -0.438 e. The Labute approximate surface area is 176 Å². The molecule has 1 aliphatic heterocycles. The average molecular weight is 407 g/mol. The number of likely N-dealkylation sites (tertiary alicyclic amines) is 1. The molecule has 1 aromatic heterocycles. The van der Waals surface area contributed by atoms with Crippen LogP contribution in [0.25, 0.3) is 22.2 Å². The van der Waals surface area contributed by atoms with Gasteiger partial charge in [0.25, 0.3) is 0 Å². The topological polar surface area (TPSA) is 46.3 Å². The maximum Gasteiger partial charge on any atom is 0.226 e. The fourth-order valence-electron chi connectivity index (χ4n) is 4.96. The number of carbonyl (C=O) groups excluding carboxylic acids is 1. The van der Waals surface area contributed by atoms with Crippen molar-refractivity contribution in [2.24, 2.45) is 5.92 Å². The third-order valence-electron chi connectivity index (χ3n) is 6.67. The molecule has 1 saturated carbocycles. The smallest absolute Gasteiger partial charge is 0.226 e. The third kappa shape index (κ3) is 3.51. The van der Waals surface area contributed by atoms with E-state index in [9.17, 15) is 9.18 Å². The predicted molar refractivity (Wildman–Crippen MR) is 114 cm³/mol. The molecule has 1 atom stereocenters. The second-order valence-corrected chi connectivity index (χ2v) is 8.72. The number of carbonyl (C=O) groups is 1. The molecule has 0 N–H and O–H groups in total. The Morgan fingerprint density at radius 3 is 2.60 bits per heavy atom. The van der Waals surface area contributed by atoms with Crippen LogP contribution in [0, 0.1) is 18.7 Å². The fourth-order valence-corrected chi connectivity index (χ4v) is 4.96. The highest BCUT2D eigenvalue weighted by Gasteiger charge is 2.36. The van der Waals surface area contributed by atoms with Crippen LogP contribution in [-0.2, 0) is 4.79 Å². The molecule has 2 fully saturated rings. The number of fused-ring (bicyclic) bond motifs is 1. The highest BCUT2D eigenvalue weighted by Crippen LogP contribution is 2.37. The first-order valence-electron chi connectivity index (χ1n) is 11.1. The van der Waals surface area contributed by atoms with Crippen LogP contribution in [0.5, 0.6) is 0 Å². The zero-order chi connectivity index (χ0) is 20.7. The van der Waals surface area contributed by atoms with E-state index in [2.05, 4.69) is 0 Å². The zero-order valence-corrected chi connectivity index (χ0v) is 17.4. The molecule has 156 valence electrons. The minimum absolute atomic E-state index is 0.0663. The number of amides is 1. The van der Waals surface area contributed by atoms with E-state index in [1.807, 2.05) is 29.2 Å². The van der Waals surface area contributed by atoms with Crippen LogP contribution in [0.1, 0.15) is 62.4 Å². The van der Waals surface area contributed by atoms with Crippen molar-refractivity contribution in [2.75, 3.05) is 6.54 Å². The Balaban J connectivity index is 1.42. The molecular weight excluding hydrogens is 379 g/mol. The quantitative estimate of drug-likeness (QED) is 0.521. The van der Waals surface area contributed by atoms with E-state index in [0.29, 0.717) is 11.5 Å². The summed E-state index contributed by atoms with van der Waals surface area (Å²) in [5.41, 5.74) is 4.06. The SMILES string of the molecule is Cc1cc(-c2ccc3oc(C4CCCN4C(=O)C4CCCCC4)nc3c2)ccc1F. The van der Waals surface area contributed by atoms with E-state index in [1.165, 1.54) is 12.5 Å². The monoisotopic (exact) mass is 406 g/mol. The molecule has 1 amide bonds. The molecule has 1 aliphatic carbocycles. The van der Waals surface area contributed by atoms with Crippen LogP contribution in [0.3, 0.4) is 0 Å². The molecule has 3 aromatic rings. The Morgan fingerprint density at radius 1 is 1.03 bits per heavy atom. The van der Waals surface area contributed by atoms with Gasteiger partial charge in [0.1, 0.15) is 17.4 Å². The number of aromatic nitrogens is 1. The van der Waals surface area contributed by atoms with Crippen LogP contribution in [0.4, 0.5) is 4.39 Å². The fraction of sp³-hybridized carbons (Fsp3) is 0.440. The number of benzene rings is 2. The number of aryl methyl sites for hydroxylation is 1. The summed E-state index contributed by atoms with van der Waals surface area (Å²) in [6, 6.07) is 10.9. The molecule has 30 heavy (non-hydrogen) atoms. The van der Waals surface area contributed by atoms with Crippen LogP contribution in [-0.4, -0.2) is 22.3 Å². The molecule has 2 aromatic carbocycles. The summed E-state index contributed by atoms with van der Waals surface area (Å²) in [7, 11) is 0. The van der Waals surface area contributed by atoms with Crippen molar-refractivity contribution in [1.29, 1.82) is 0 Å². The van der Waals surface area contributed by atoms with E-state index >= 15 is 0 Å². The number of nitrogens with zero attached hydrogens (tertiary/aromatic N) is 2. The number of hydrogen-bond acceptors (Lipinski definition) is 3. The van der Waals surface area contributed by atoms with Crippen LogP contribution in [0.15, 0.2) is 40.8 Å². The first kappa shape index (κ1) is 19.3. The molecule has 5 heteroatoms. The maximum absolute atomic E-state index is 13.6. The summed E-state index contributed by atoms with van der Waals surface area (Å²) < 4.78 is 19.7. The normalized spacial score (nSPS) is 20.2. The molecule has 1 unspecified atom stereocenters. The molecular formula is C25H27FN2O2. The third-order valence-corrected chi connectivity index (χ3v) is 6.67. The van der Waals surface area contributed by atoms with Gasteiger partial charge < -0.3 is 9.32 Å². The predicted octanol–water partition coefficient (Wildman–Crippen LogP) is 6.19. The Hall–Kier alpha value is -2.69. The summed E-state index contributed by atoms with van der Waals surface area (Å²) in [6.45, 7) is 2.56. The van der Waals surface area contributed by atoms with E-state index < -0.39 is 0 Å². The summed E-state index contributed by atoms with van der Waals surface area (Å²) in [5, 5.41) is 0. The van der Waals surface area contributed by atoms with E-state index in [-0.39, 0.29) is 23.7 Å². The second kappa shape index (κ2) is 7.86. The molecule has 0 spiro atoms. The van der Waals surface area contributed by atoms with Gasteiger partial charge in [-0.05, 0) is 73.6 Å². The zero-order valence-electron chi connectivity index (χ0n) is 17.4. The first-order valence-corrected chi connectivity index (χ1v) is 11.1. The molecule has 0 radical (unpaired) electrons. The lowest BCUT2D eigenvalue weighted by Crippen LogP contribution is -2.36. The molecule has 2 heterocycles. The Bertz CT molecular complexity index is 1080. The van der Waals surface area contributed by atoms with E-state index in [4.69, 9.17) is 9.40 Å². The van der Waals surface area contributed by atoms with Gasteiger partial charge >= 0.3 is 0 Å². The van der Waals surface area contributed by atoms with E-state index in [1.54, 1.807) is 13.0 Å². The van der Waals surface area contributed by atoms with Gasteiger partial charge in [-0.2, -0.15) is 0 Å². The van der Waals surface area contributed by atoms with Crippen LogP contribution >= 0.6 is 0 Å². The molecule has 5 rings (SSSR count). The van der Waals surface area contributed by atoms with Crippen molar-refractivity contribution < 1.29 is 13.6 Å². The van der Waals surface area contributed by atoms with Gasteiger partial charge in [0.05, 0.1) is 0 Å². The highest BCUT2D eigenvalue weighted by atomic mass is 19.1. The highest BCUT2D eigenvalue weighted by molar-refractivity contribution is 5.81. The first-order chi connectivity index (χ1) is 14.6. The number of oxazole rings is 1. The Morgan fingerprint density at radius 2 is 1.80 bits per heavy atom. The van der Waals surface area contributed by atoms with Gasteiger partial charge in [0.2, 0.25) is 11.8 Å². The lowest BCUT2D eigenvalue weighted by Gasteiger charge is -2.29. The van der Waals surface area contributed by atoms with Gasteiger partial charge in [-0.3, -0.25) is 4.79 Å². The van der Waals surface area contributed by atoms with Crippen molar-refractivity contribution in [2.45, 2.75) is 57.9 Å². The standard InChI is InChI=1S/C25H27FN2O2/c1-16-14-18(9-11-20(16)26)19-10-12-23-21(15-19)27-24(30-23)22-8-5-13-28(22)25(29)17-6-3-2-4-7-17/h9-12,14-15,17,22H,2-8,13H2,1H3. The summed E-state index contributed by atoms with van der Waals surface area (Å²) >= 11 is 0. The summed E-state index contributed by atoms with van der Waals surface area (Å²) in [5.74, 6) is 0.880. The second-order valence-electron chi connectivity index (χ2n) is 8.72. The molecule has 1 saturated heterocycles. The van der Waals surface area contributed by atoms with Crippen molar-refractivity contribution in [3.63, 3.8) is 0 Å². The van der Waals surface area contributed by atoms with Gasteiger partial charge in [0, 0.05) is 12.5 Å². The van der Waals surface area contributed by atoms with Gasteiger partial charge in [-0.1, -0.05) is 31.4 Å². The number of hydrogen-bond donors (Lipinski definition) is 0. The van der Waals surface area contributed by atoms with Crippen molar-refractivity contribution in [3.8, 4) is 11.1 Å². The van der Waals surface area contributed by atoms with E-state index in [0.717, 1.165) is 67.3 Å². The average Bonchev–Trinajstić information content (AvgIpc) is 3.42. The van der Waals surface area contributed by atoms with Gasteiger partial charge in [-0.25, -0.2) is 9.37 Å². The Kier molecular flexibility index (Phi) is 5.05. The summed E-state index contributed by atoms with van der Waals surface area (Å²) in [4.78, 5) is 19.9. The molecule has 0 bridgehead atoms. The van der Waals surface area contributed by atoms with Crippen LogP contribution in [0.2, 0.25) is 0 Å². The van der Waals surface area contributed by atoms with Crippen LogP contribution < -0.4 is 0 Å². The number of rotatable bonds is 3. The number of halogens is 1. The van der Waals surface area contributed by atoms with Gasteiger partial charge in [-0.15, -0.1) is 0 Å². The minimum atomic E-state index is -0.201. The summed E-state index contributed by atoms with van der Waals surface area (Å²) in [6.07, 6.45) is 7.46. The van der Waals surface area contributed by atoms with Gasteiger partial charge in [0.15, 0.2) is 5.58 Å². The largest absolute Gasteiger partial charge is 0.438 e. The molecule has 4 nitrogen and oxygen atoms in total. The van der Waals surface area contributed by atoms with Crippen molar-refractivity contribution in [3.05, 3.63) is 53.7 Å². The lowest BCUT2D eigenvalue weighted by molar-refractivity contribution is -0.137. The van der Waals surface area contributed by atoms with Crippen molar-refractivity contribution in [1.82, 2.24) is 9.88 Å².